The first-order chi connectivity index (χ1) is 13.4. The molecule has 0 radical (unpaired) electrons. The Morgan fingerprint density at radius 2 is 1.79 bits per heavy atom. The van der Waals surface area contributed by atoms with E-state index >= 15 is 0 Å². The monoisotopic (exact) mass is 456 g/mol. The van der Waals surface area contributed by atoms with Gasteiger partial charge in [-0.3, -0.25) is 0 Å². The molecule has 3 heterocycles. The van der Waals surface area contributed by atoms with Crippen molar-refractivity contribution >= 4 is 15.9 Å². The average molecular weight is 457 g/mol. The highest BCUT2D eigenvalue weighted by Gasteiger charge is 2.59. The van der Waals surface area contributed by atoms with E-state index in [9.17, 15) is 0 Å². The molecule has 1 aromatic rings. The Labute approximate surface area is 174 Å². The Morgan fingerprint density at radius 1 is 1.04 bits per heavy atom. The third-order valence-electron chi connectivity index (χ3n) is 5.95. The Morgan fingerprint density at radius 3 is 2.46 bits per heavy atom. The molecule has 6 nitrogen and oxygen atoms in total. The summed E-state index contributed by atoms with van der Waals surface area (Å²) in [6.07, 6.45) is -0.0924. The highest BCUT2D eigenvalue weighted by molar-refractivity contribution is 9.10. The van der Waals surface area contributed by atoms with Crippen LogP contribution in [-0.2, 0) is 35.0 Å². The lowest BCUT2D eigenvalue weighted by atomic mass is 10.1. The highest BCUT2D eigenvalue weighted by Crippen LogP contribution is 2.43. The number of ether oxygens (including phenoxy) is 6. The molecule has 28 heavy (non-hydrogen) atoms. The molecule has 0 N–H and O–H groups in total. The molecule has 3 aliphatic heterocycles. The summed E-state index contributed by atoms with van der Waals surface area (Å²) in [7, 11) is 0. The summed E-state index contributed by atoms with van der Waals surface area (Å²) >= 11 is 3.59. The number of hydrogen-bond acceptors (Lipinski definition) is 6. The molecule has 3 aliphatic rings. The first-order valence-corrected chi connectivity index (χ1v) is 10.8. The highest BCUT2D eigenvalue weighted by atomic mass is 79.9. The molecule has 7 atom stereocenters. The number of halogens is 1. The van der Waals surface area contributed by atoms with Crippen LogP contribution in [0.2, 0.25) is 0 Å². The molecule has 0 aliphatic carbocycles. The van der Waals surface area contributed by atoms with Gasteiger partial charge >= 0.3 is 0 Å². The molecule has 1 aromatic carbocycles. The maximum atomic E-state index is 6.35. The van der Waals surface area contributed by atoms with Crippen LogP contribution in [0.15, 0.2) is 28.7 Å². The lowest BCUT2D eigenvalue weighted by molar-refractivity contribution is -0.245. The van der Waals surface area contributed by atoms with Crippen molar-refractivity contribution in [3.8, 4) is 0 Å². The number of hydrogen-bond donors (Lipinski definition) is 0. The zero-order valence-electron chi connectivity index (χ0n) is 16.9. The van der Waals surface area contributed by atoms with Gasteiger partial charge in [0.1, 0.15) is 24.4 Å². The number of benzene rings is 1. The fourth-order valence-electron chi connectivity index (χ4n) is 3.88. The van der Waals surface area contributed by atoms with Gasteiger partial charge in [0.15, 0.2) is 17.9 Å². The van der Waals surface area contributed by atoms with Crippen LogP contribution in [-0.4, -0.2) is 48.9 Å². The average Bonchev–Trinajstić information content (AvgIpc) is 3.33. The SMILES string of the molecule is CCC1(C)O[C@H]2O[C@H]([C@H]3COC(C)(CC)O3)[C@H](OCc3ccccc3Br)[C@H]2O1. The molecule has 3 saturated heterocycles. The van der Waals surface area contributed by atoms with Crippen LogP contribution in [0.25, 0.3) is 0 Å². The van der Waals surface area contributed by atoms with Crippen LogP contribution in [0.4, 0.5) is 0 Å². The van der Waals surface area contributed by atoms with E-state index < -0.39 is 17.9 Å². The summed E-state index contributed by atoms with van der Waals surface area (Å²) in [4.78, 5) is 0. The van der Waals surface area contributed by atoms with Crippen molar-refractivity contribution in [1.29, 1.82) is 0 Å². The molecule has 0 amide bonds. The smallest absolute Gasteiger partial charge is 0.190 e. The predicted molar refractivity (Wildman–Crippen MR) is 106 cm³/mol. The van der Waals surface area contributed by atoms with Crippen LogP contribution in [0, 0.1) is 0 Å². The van der Waals surface area contributed by atoms with E-state index in [4.69, 9.17) is 28.4 Å². The fraction of sp³-hybridized carbons (Fsp3) is 0.714. The van der Waals surface area contributed by atoms with Gasteiger partial charge in [-0.2, -0.15) is 0 Å². The van der Waals surface area contributed by atoms with Gasteiger partial charge in [0.25, 0.3) is 0 Å². The summed E-state index contributed by atoms with van der Waals surface area (Å²) in [5.74, 6) is -1.24. The van der Waals surface area contributed by atoms with Crippen molar-refractivity contribution in [2.45, 2.75) is 89.4 Å². The Hall–Kier alpha value is -0.540. The topological polar surface area (TPSA) is 55.4 Å². The zero-order valence-corrected chi connectivity index (χ0v) is 18.4. The lowest BCUT2D eigenvalue weighted by Crippen LogP contribution is -2.44. The van der Waals surface area contributed by atoms with Crippen LogP contribution < -0.4 is 0 Å². The number of rotatable bonds is 6. The molecule has 4 rings (SSSR count). The van der Waals surface area contributed by atoms with Crippen molar-refractivity contribution in [2.75, 3.05) is 6.61 Å². The molecule has 0 saturated carbocycles. The minimum Gasteiger partial charge on any atom is -0.368 e. The lowest BCUT2D eigenvalue weighted by Gasteiger charge is -2.30. The second-order valence-electron chi connectivity index (χ2n) is 7.98. The van der Waals surface area contributed by atoms with Gasteiger partial charge in [-0.05, 0) is 38.3 Å². The first-order valence-electron chi connectivity index (χ1n) is 10.0. The number of fused-ring (bicyclic) bond motifs is 1. The van der Waals surface area contributed by atoms with Crippen molar-refractivity contribution in [3.63, 3.8) is 0 Å². The predicted octanol–water partition coefficient (Wildman–Crippen LogP) is 4.14. The van der Waals surface area contributed by atoms with E-state index in [0.717, 1.165) is 22.9 Å². The molecule has 0 bridgehead atoms. The Bertz CT molecular complexity index is 701. The van der Waals surface area contributed by atoms with Gasteiger partial charge in [-0.25, -0.2) is 0 Å². The fourth-order valence-corrected chi connectivity index (χ4v) is 4.28. The van der Waals surface area contributed by atoms with Gasteiger partial charge in [0.05, 0.1) is 13.2 Å². The van der Waals surface area contributed by atoms with Gasteiger partial charge in [-0.1, -0.05) is 48.0 Å². The molecule has 0 spiro atoms. The molecule has 7 heteroatoms. The van der Waals surface area contributed by atoms with Crippen LogP contribution in [0.5, 0.6) is 0 Å². The van der Waals surface area contributed by atoms with Gasteiger partial charge in [-0.15, -0.1) is 0 Å². The summed E-state index contributed by atoms with van der Waals surface area (Å²) in [6, 6.07) is 8.03. The van der Waals surface area contributed by atoms with E-state index in [-0.39, 0.29) is 24.4 Å². The molecule has 0 aromatic heterocycles. The summed E-state index contributed by atoms with van der Waals surface area (Å²) in [5.41, 5.74) is 1.07. The molecular formula is C21H29BrO6. The van der Waals surface area contributed by atoms with Crippen LogP contribution >= 0.6 is 15.9 Å². The molecular weight excluding hydrogens is 428 g/mol. The molecule has 156 valence electrons. The van der Waals surface area contributed by atoms with Gasteiger partial charge in [0, 0.05) is 4.47 Å². The van der Waals surface area contributed by atoms with Crippen LogP contribution in [0.3, 0.4) is 0 Å². The largest absolute Gasteiger partial charge is 0.368 e. The van der Waals surface area contributed by atoms with Crippen LogP contribution in [0.1, 0.15) is 46.1 Å². The van der Waals surface area contributed by atoms with E-state index in [1.807, 2.05) is 52.0 Å². The first kappa shape index (κ1) is 20.7. The normalized spacial score (nSPS) is 42.8. The quantitative estimate of drug-likeness (QED) is 0.640. The van der Waals surface area contributed by atoms with Gasteiger partial charge < -0.3 is 28.4 Å². The maximum absolute atomic E-state index is 6.35. The summed E-state index contributed by atoms with van der Waals surface area (Å²) < 4.78 is 38.0. The summed E-state index contributed by atoms with van der Waals surface area (Å²) in [5, 5.41) is 0. The van der Waals surface area contributed by atoms with Crippen molar-refractivity contribution in [1.82, 2.24) is 0 Å². The van der Waals surface area contributed by atoms with Crippen molar-refractivity contribution < 1.29 is 28.4 Å². The second-order valence-corrected chi connectivity index (χ2v) is 8.83. The summed E-state index contributed by atoms with van der Waals surface area (Å²) in [6.45, 7) is 8.90. The van der Waals surface area contributed by atoms with E-state index in [2.05, 4.69) is 15.9 Å². The third-order valence-corrected chi connectivity index (χ3v) is 6.73. The van der Waals surface area contributed by atoms with Crippen molar-refractivity contribution in [2.24, 2.45) is 0 Å². The van der Waals surface area contributed by atoms with E-state index in [1.165, 1.54) is 0 Å². The van der Waals surface area contributed by atoms with Gasteiger partial charge in [0.2, 0.25) is 0 Å². The minimum atomic E-state index is -0.653. The Balaban J connectivity index is 1.52. The second kappa shape index (κ2) is 7.95. The molecule has 3 fully saturated rings. The Kier molecular flexibility index (Phi) is 5.88. The third kappa shape index (κ3) is 3.90. The molecule has 2 unspecified atom stereocenters. The minimum absolute atomic E-state index is 0.222. The van der Waals surface area contributed by atoms with Crippen molar-refractivity contribution in [3.05, 3.63) is 34.3 Å². The van der Waals surface area contributed by atoms with E-state index in [0.29, 0.717) is 13.2 Å². The zero-order chi connectivity index (χ0) is 19.9. The maximum Gasteiger partial charge on any atom is 0.190 e. The van der Waals surface area contributed by atoms with E-state index in [1.54, 1.807) is 0 Å². The standard InChI is InChI=1S/C21H29BrO6/c1-5-20(3)24-12-15(26-20)16-17(23-11-13-9-7-8-10-14(13)22)18-19(25-16)28-21(4,6-2)27-18/h7-10,15-19H,5-6,11-12H2,1-4H3/t15-,16-,17+,18-,19-,20?,21?/m1/s1.